The van der Waals surface area contributed by atoms with Crippen molar-refractivity contribution in [1.29, 1.82) is 0 Å². The standard InChI is InChI=1S/C12H21N3O3S2/c1-3-15-20(17,18)10-5-6-11(13)12(9-10)14-7-8-19(16)4-2/h5-6,9,14-15H,3-4,7-8,13H2,1-2H3. The van der Waals surface area contributed by atoms with Crippen molar-refractivity contribution in [3.63, 3.8) is 0 Å². The zero-order chi connectivity index (χ0) is 15.2. The van der Waals surface area contributed by atoms with Gasteiger partial charge in [-0.3, -0.25) is 4.21 Å². The van der Waals surface area contributed by atoms with Crippen LogP contribution < -0.4 is 15.8 Å². The highest BCUT2D eigenvalue weighted by Gasteiger charge is 2.14. The molecule has 0 aliphatic heterocycles. The molecule has 0 aliphatic rings. The van der Waals surface area contributed by atoms with Gasteiger partial charge in [0.2, 0.25) is 10.0 Å². The lowest BCUT2D eigenvalue weighted by Gasteiger charge is -2.11. The third-order valence-corrected chi connectivity index (χ3v) is 5.48. The van der Waals surface area contributed by atoms with E-state index in [0.717, 1.165) is 0 Å². The maximum atomic E-state index is 11.9. The van der Waals surface area contributed by atoms with E-state index < -0.39 is 20.8 Å². The molecule has 0 aliphatic carbocycles. The smallest absolute Gasteiger partial charge is 0.240 e. The Morgan fingerprint density at radius 1 is 1.30 bits per heavy atom. The molecule has 1 aromatic carbocycles. The number of anilines is 2. The van der Waals surface area contributed by atoms with Crippen LogP contribution in [0.2, 0.25) is 0 Å². The Balaban J connectivity index is 2.84. The summed E-state index contributed by atoms with van der Waals surface area (Å²) in [6.07, 6.45) is 0. The quantitative estimate of drug-likeness (QED) is 0.614. The lowest BCUT2D eigenvalue weighted by atomic mass is 10.2. The summed E-state index contributed by atoms with van der Waals surface area (Å²) in [5, 5.41) is 3.02. The SMILES string of the molecule is CCNS(=O)(=O)c1ccc(N)c(NCCS(=O)CC)c1. The molecule has 0 radical (unpaired) electrons. The fourth-order valence-corrected chi connectivity index (χ4v) is 3.26. The van der Waals surface area contributed by atoms with Crippen molar-refractivity contribution in [2.75, 3.05) is 35.6 Å². The van der Waals surface area contributed by atoms with Gasteiger partial charge in [-0.2, -0.15) is 0 Å². The number of benzene rings is 1. The van der Waals surface area contributed by atoms with Crippen LogP contribution in [0.1, 0.15) is 13.8 Å². The van der Waals surface area contributed by atoms with Crippen molar-refractivity contribution in [2.24, 2.45) is 0 Å². The van der Waals surface area contributed by atoms with Crippen LogP contribution in [-0.2, 0) is 20.8 Å². The number of nitrogen functional groups attached to an aromatic ring is 1. The Bertz CT molecular complexity index is 573. The summed E-state index contributed by atoms with van der Waals surface area (Å²) >= 11 is 0. The van der Waals surface area contributed by atoms with E-state index in [4.69, 9.17) is 5.73 Å². The maximum absolute atomic E-state index is 11.9. The summed E-state index contributed by atoms with van der Waals surface area (Å²) < 4.78 is 37.5. The molecule has 1 rings (SSSR count). The Kier molecular flexibility index (Phi) is 6.44. The topological polar surface area (TPSA) is 101 Å². The van der Waals surface area contributed by atoms with Crippen LogP contribution in [-0.4, -0.2) is 37.2 Å². The number of rotatable bonds is 8. The molecule has 0 bridgehead atoms. The third-order valence-electron chi connectivity index (χ3n) is 2.64. The molecule has 0 heterocycles. The van der Waals surface area contributed by atoms with Crippen molar-refractivity contribution in [3.05, 3.63) is 18.2 Å². The molecule has 1 atom stereocenters. The summed E-state index contributed by atoms with van der Waals surface area (Å²) in [7, 11) is -4.37. The summed E-state index contributed by atoms with van der Waals surface area (Å²) in [5.74, 6) is 1.10. The van der Waals surface area contributed by atoms with Crippen LogP contribution in [0.25, 0.3) is 0 Å². The lowest BCUT2D eigenvalue weighted by Crippen LogP contribution is -2.23. The van der Waals surface area contributed by atoms with Gasteiger partial charge in [0.05, 0.1) is 16.3 Å². The molecule has 0 saturated carbocycles. The summed E-state index contributed by atoms with van der Waals surface area (Å²) in [6, 6.07) is 4.49. The predicted molar refractivity (Wildman–Crippen MR) is 83.8 cm³/mol. The lowest BCUT2D eigenvalue weighted by molar-refractivity contribution is 0.584. The van der Waals surface area contributed by atoms with Gasteiger partial charge in [0, 0.05) is 35.4 Å². The van der Waals surface area contributed by atoms with Crippen molar-refractivity contribution in [3.8, 4) is 0 Å². The Morgan fingerprint density at radius 2 is 2.00 bits per heavy atom. The monoisotopic (exact) mass is 319 g/mol. The molecule has 114 valence electrons. The minimum absolute atomic E-state index is 0.160. The van der Waals surface area contributed by atoms with Crippen molar-refractivity contribution in [2.45, 2.75) is 18.7 Å². The van der Waals surface area contributed by atoms with Crippen LogP contribution in [0.4, 0.5) is 11.4 Å². The fraction of sp³-hybridized carbons (Fsp3) is 0.500. The average Bonchev–Trinajstić information content (AvgIpc) is 2.40. The number of nitrogens with two attached hydrogens (primary N) is 1. The molecule has 4 N–H and O–H groups in total. The molecule has 0 spiro atoms. The molecule has 0 fully saturated rings. The average molecular weight is 319 g/mol. The first-order valence-corrected chi connectivity index (χ1v) is 9.35. The van der Waals surface area contributed by atoms with E-state index in [1.54, 1.807) is 13.0 Å². The van der Waals surface area contributed by atoms with Crippen molar-refractivity contribution >= 4 is 32.2 Å². The summed E-state index contributed by atoms with van der Waals surface area (Å²) in [5.41, 5.74) is 6.80. The molecule has 0 saturated heterocycles. The Hall–Kier alpha value is -1.12. The van der Waals surface area contributed by atoms with E-state index in [2.05, 4.69) is 10.0 Å². The van der Waals surface area contributed by atoms with E-state index in [9.17, 15) is 12.6 Å². The first kappa shape index (κ1) is 16.9. The summed E-state index contributed by atoms with van der Waals surface area (Å²) in [6.45, 7) is 4.38. The van der Waals surface area contributed by atoms with Gasteiger partial charge in [-0.05, 0) is 18.2 Å². The van der Waals surface area contributed by atoms with Crippen molar-refractivity contribution < 1.29 is 12.6 Å². The second-order valence-electron chi connectivity index (χ2n) is 4.11. The van der Waals surface area contributed by atoms with Gasteiger partial charge in [0.25, 0.3) is 0 Å². The number of hydrogen-bond donors (Lipinski definition) is 3. The normalized spacial score (nSPS) is 13.1. The van der Waals surface area contributed by atoms with Gasteiger partial charge in [-0.15, -0.1) is 0 Å². The molecule has 6 nitrogen and oxygen atoms in total. The summed E-state index contributed by atoms with van der Waals surface area (Å²) in [4.78, 5) is 0.160. The molecule has 1 aromatic rings. The van der Waals surface area contributed by atoms with Gasteiger partial charge < -0.3 is 11.1 Å². The molecular formula is C12H21N3O3S2. The first-order valence-electron chi connectivity index (χ1n) is 6.38. The van der Waals surface area contributed by atoms with Crippen LogP contribution >= 0.6 is 0 Å². The van der Waals surface area contributed by atoms with Crippen LogP contribution in [0.5, 0.6) is 0 Å². The predicted octanol–water partition coefficient (Wildman–Crippen LogP) is 0.747. The number of sulfonamides is 1. The molecule has 0 aromatic heterocycles. The van der Waals surface area contributed by atoms with Crippen LogP contribution in [0.3, 0.4) is 0 Å². The van der Waals surface area contributed by atoms with Gasteiger partial charge in [0.15, 0.2) is 0 Å². The highest BCUT2D eigenvalue weighted by Crippen LogP contribution is 2.22. The number of hydrogen-bond acceptors (Lipinski definition) is 5. The molecule has 1 unspecified atom stereocenters. The first-order chi connectivity index (χ1) is 9.40. The Morgan fingerprint density at radius 3 is 2.60 bits per heavy atom. The molecule has 0 amide bonds. The second kappa shape index (κ2) is 7.61. The molecule has 20 heavy (non-hydrogen) atoms. The second-order valence-corrected chi connectivity index (χ2v) is 7.74. The van der Waals surface area contributed by atoms with E-state index in [1.165, 1.54) is 12.1 Å². The van der Waals surface area contributed by atoms with Gasteiger partial charge in [0.1, 0.15) is 0 Å². The highest BCUT2D eigenvalue weighted by molar-refractivity contribution is 7.89. The van der Waals surface area contributed by atoms with E-state index >= 15 is 0 Å². The van der Waals surface area contributed by atoms with E-state index in [-0.39, 0.29) is 4.90 Å². The van der Waals surface area contributed by atoms with E-state index in [0.29, 0.717) is 36.0 Å². The third kappa shape index (κ3) is 4.77. The van der Waals surface area contributed by atoms with Gasteiger partial charge >= 0.3 is 0 Å². The maximum Gasteiger partial charge on any atom is 0.240 e. The highest BCUT2D eigenvalue weighted by atomic mass is 32.2. The van der Waals surface area contributed by atoms with Gasteiger partial charge in [-0.25, -0.2) is 13.1 Å². The zero-order valence-corrected chi connectivity index (χ0v) is 13.3. The Labute approximate surface area is 122 Å². The number of nitrogens with one attached hydrogen (secondary N) is 2. The largest absolute Gasteiger partial charge is 0.397 e. The van der Waals surface area contributed by atoms with Crippen LogP contribution in [0.15, 0.2) is 23.1 Å². The zero-order valence-electron chi connectivity index (χ0n) is 11.7. The molecular weight excluding hydrogens is 298 g/mol. The van der Waals surface area contributed by atoms with Crippen LogP contribution in [0, 0.1) is 0 Å². The fourth-order valence-electron chi connectivity index (χ4n) is 1.57. The van der Waals surface area contributed by atoms with E-state index in [1.807, 2.05) is 6.92 Å². The van der Waals surface area contributed by atoms with Crippen molar-refractivity contribution in [1.82, 2.24) is 4.72 Å². The minimum atomic E-state index is -3.50. The van der Waals surface area contributed by atoms with Gasteiger partial charge in [-0.1, -0.05) is 13.8 Å². The minimum Gasteiger partial charge on any atom is -0.397 e. The molecule has 8 heteroatoms.